The molecule has 2 aromatic heterocycles. The predicted molar refractivity (Wildman–Crippen MR) is 73.6 cm³/mol. The highest BCUT2D eigenvalue weighted by Crippen LogP contribution is 2.10. The van der Waals surface area contributed by atoms with E-state index >= 15 is 0 Å². The van der Waals surface area contributed by atoms with Gasteiger partial charge in [-0.1, -0.05) is 6.07 Å². The lowest BCUT2D eigenvalue weighted by molar-refractivity contribution is 0.0791. The highest BCUT2D eigenvalue weighted by atomic mass is 32.1. The van der Waals surface area contributed by atoms with Gasteiger partial charge in [-0.05, 0) is 30.0 Å². The van der Waals surface area contributed by atoms with Crippen LogP contribution in [-0.2, 0) is 6.42 Å². The van der Waals surface area contributed by atoms with E-state index in [0.717, 1.165) is 6.42 Å². The van der Waals surface area contributed by atoms with Crippen LogP contribution < -0.4 is 5.73 Å². The zero-order valence-electron chi connectivity index (χ0n) is 10.2. The first-order valence-electron chi connectivity index (χ1n) is 5.66. The average Bonchev–Trinajstić information content (AvgIpc) is 2.89. The standard InChI is InChI=1S/C13H15N3OS/c1-16(7-6-11-3-2-8-18-11)13(17)12-5-4-10(14)9-15-12/h2-5,8-9H,6-7,14H2,1H3. The van der Waals surface area contributed by atoms with Crippen LogP contribution in [0.25, 0.3) is 0 Å². The van der Waals surface area contributed by atoms with Crippen molar-refractivity contribution in [2.45, 2.75) is 6.42 Å². The molecule has 0 unspecified atom stereocenters. The van der Waals surface area contributed by atoms with Crippen molar-refractivity contribution in [2.75, 3.05) is 19.3 Å². The summed E-state index contributed by atoms with van der Waals surface area (Å²) in [5, 5.41) is 2.04. The summed E-state index contributed by atoms with van der Waals surface area (Å²) in [6.45, 7) is 0.686. The lowest BCUT2D eigenvalue weighted by Crippen LogP contribution is -2.29. The Balaban J connectivity index is 1.94. The molecule has 0 aromatic carbocycles. The first-order chi connectivity index (χ1) is 8.66. The Morgan fingerprint density at radius 3 is 2.89 bits per heavy atom. The lowest BCUT2D eigenvalue weighted by Gasteiger charge is -2.16. The van der Waals surface area contributed by atoms with Gasteiger partial charge in [-0.25, -0.2) is 4.98 Å². The van der Waals surface area contributed by atoms with E-state index in [0.29, 0.717) is 17.9 Å². The monoisotopic (exact) mass is 261 g/mol. The largest absolute Gasteiger partial charge is 0.397 e. The second-order valence-electron chi connectivity index (χ2n) is 4.03. The van der Waals surface area contributed by atoms with Crippen molar-refractivity contribution in [3.8, 4) is 0 Å². The summed E-state index contributed by atoms with van der Waals surface area (Å²) >= 11 is 1.70. The second-order valence-corrected chi connectivity index (χ2v) is 5.07. The van der Waals surface area contributed by atoms with E-state index in [9.17, 15) is 4.79 Å². The summed E-state index contributed by atoms with van der Waals surface area (Å²) in [6, 6.07) is 7.43. The maximum Gasteiger partial charge on any atom is 0.272 e. The van der Waals surface area contributed by atoms with Crippen LogP contribution in [0.2, 0.25) is 0 Å². The van der Waals surface area contributed by atoms with Gasteiger partial charge in [-0.2, -0.15) is 0 Å². The van der Waals surface area contributed by atoms with Crippen molar-refractivity contribution >= 4 is 22.9 Å². The zero-order valence-corrected chi connectivity index (χ0v) is 11.0. The Kier molecular flexibility index (Phi) is 3.94. The Bertz CT molecular complexity index is 508. The third-order valence-corrected chi connectivity index (χ3v) is 3.56. The number of amides is 1. The number of nitrogens with two attached hydrogens (primary N) is 1. The number of anilines is 1. The van der Waals surface area contributed by atoms with Crippen LogP contribution in [0.4, 0.5) is 5.69 Å². The smallest absolute Gasteiger partial charge is 0.272 e. The molecular weight excluding hydrogens is 246 g/mol. The number of pyridine rings is 1. The number of nitrogen functional groups attached to an aromatic ring is 1. The van der Waals surface area contributed by atoms with E-state index in [4.69, 9.17) is 5.73 Å². The molecule has 0 bridgehead atoms. The molecule has 0 atom stereocenters. The summed E-state index contributed by atoms with van der Waals surface area (Å²) < 4.78 is 0. The van der Waals surface area contributed by atoms with E-state index in [1.54, 1.807) is 35.4 Å². The maximum absolute atomic E-state index is 12.0. The van der Waals surface area contributed by atoms with Gasteiger partial charge in [-0.15, -0.1) is 11.3 Å². The van der Waals surface area contributed by atoms with Gasteiger partial charge in [0.2, 0.25) is 0 Å². The van der Waals surface area contributed by atoms with Crippen molar-refractivity contribution in [3.05, 3.63) is 46.4 Å². The van der Waals surface area contributed by atoms with Gasteiger partial charge < -0.3 is 10.6 Å². The molecule has 18 heavy (non-hydrogen) atoms. The van der Waals surface area contributed by atoms with Gasteiger partial charge in [0.25, 0.3) is 5.91 Å². The highest BCUT2D eigenvalue weighted by Gasteiger charge is 2.12. The molecule has 0 aliphatic rings. The number of thiophene rings is 1. The Morgan fingerprint density at radius 1 is 1.44 bits per heavy atom. The molecule has 0 aliphatic heterocycles. The van der Waals surface area contributed by atoms with Crippen molar-refractivity contribution in [2.24, 2.45) is 0 Å². The minimum Gasteiger partial charge on any atom is -0.397 e. The first-order valence-corrected chi connectivity index (χ1v) is 6.54. The lowest BCUT2D eigenvalue weighted by atomic mass is 10.3. The fourth-order valence-corrected chi connectivity index (χ4v) is 2.26. The molecule has 0 saturated carbocycles. The van der Waals surface area contributed by atoms with Crippen molar-refractivity contribution in [3.63, 3.8) is 0 Å². The number of hydrogen-bond acceptors (Lipinski definition) is 4. The fraction of sp³-hybridized carbons (Fsp3) is 0.231. The van der Waals surface area contributed by atoms with E-state index in [1.165, 1.54) is 11.1 Å². The SMILES string of the molecule is CN(CCc1cccs1)C(=O)c1ccc(N)cn1. The second kappa shape index (κ2) is 5.64. The molecule has 94 valence electrons. The van der Waals surface area contributed by atoms with Crippen LogP contribution in [0.5, 0.6) is 0 Å². The average molecular weight is 261 g/mol. The quantitative estimate of drug-likeness (QED) is 0.916. The summed E-state index contributed by atoms with van der Waals surface area (Å²) in [5.74, 6) is -0.0773. The van der Waals surface area contributed by atoms with Gasteiger partial charge in [0, 0.05) is 18.5 Å². The maximum atomic E-state index is 12.0. The third kappa shape index (κ3) is 3.07. The molecule has 0 saturated heterocycles. The first kappa shape index (κ1) is 12.6. The number of carbonyl (C=O) groups excluding carboxylic acids is 1. The summed E-state index contributed by atoms with van der Waals surface area (Å²) in [4.78, 5) is 19.0. The number of hydrogen-bond donors (Lipinski definition) is 1. The van der Waals surface area contributed by atoms with Crippen LogP contribution in [0.3, 0.4) is 0 Å². The van der Waals surface area contributed by atoms with E-state index in [-0.39, 0.29) is 5.91 Å². The molecule has 0 spiro atoms. The predicted octanol–water partition coefficient (Wildman–Crippen LogP) is 2.04. The van der Waals surface area contributed by atoms with Gasteiger partial charge >= 0.3 is 0 Å². The number of rotatable bonds is 4. The normalized spacial score (nSPS) is 10.3. The minimum atomic E-state index is -0.0773. The van der Waals surface area contributed by atoms with Gasteiger partial charge in [0.05, 0.1) is 11.9 Å². The molecule has 0 fully saturated rings. The number of likely N-dealkylation sites (N-methyl/N-ethyl adjacent to an activating group) is 1. The van der Waals surface area contributed by atoms with Crippen LogP contribution in [-0.4, -0.2) is 29.4 Å². The molecule has 5 heteroatoms. The van der Waals surface area contributed by atoms with Gasteiger partial charge in [-0.3, -0.25) is 4.79 Å². The molecule has 1 amide bonds. The molecule has 2 aromatic rings. The van der Waals surface area contributed by atoms with Gasteiger partial charge in [0.15, 0.2) is 0 Å². The van der Waals surface area contributed by atoms with Crippen molar-refractivity contribution < 1.29 is 4.79 Å². The highest BCUT2D eigenvalue weighted by molar-refractivity contribution is 7.09. The number of nitrogens with zero attached hydrogens (tertiary/aromatic N) is 2. The Hall–Kier alpha value is -1.88. The molecule has 2 N–H and O–H groups in total. The third-order valence-electron chi connectivity index (χ3n) is 2.63. The minimum absolute atomic E-state index is 0.0773. The topological polar surface area (TPSA) is 59.2 Å². The van der Waals surface area contributed by atoms with Crippen LogP contribution in [0.15, 0.2) is 35.8 Å². The van der Waals surface area contributed by atoms with Crippen LogP contribution >= 0.6 is 11.3 Å². The Labute approximate surface area is 110 Å². The number of aromatic nitrogens is 1. The van der Waals surface area contributed by atoms with Gasteiger partial charge in [0.1, 0.15) is 5.69 Å². The van der Waals surface area contributed by atoms with E-state index in [2.05, 4.69) is 11.1 Å². The van der Waals surface area contributed by atoms with Crippen molar-refractivity contribution in [1.29, 1.82) is 0 Å². The molecular formula is C13H15N3OS. The Morgan fingerprint density at radius 2 is 2.28 bits per heavy atom. The van der Waals surface area contributed by atoms with E-state index in [1.807, 2.05) is 11.4 Å². The molecule has 4 nitrogen and oxygen atoms in total. The van der Waals surface area contributed by atoms with Crippen LogP contribution in [0.1, 0.15) is 15.4 Å². The van der Waals surface area contributed by atoms with E-state index < -0.39 is 0 Å². The molecule has 2 rings (SSSR count). The zero-order chi connectivity index (χ0) is 13.0. The summed E-state index contributed by atoms with van der Waals surface area (Å²) in [6.07, 6.45) is 2.37. The molecule has 2 heterocycles. The van der Waals surface area contributed by atoms with Crippen molar-refractivity contribution in [1.82, 2.24) is 9.88 Å². The summed E-state index contributed by atoms with van der Waals surface area (Å²) in [5.41, 5.74) is 6.53. The fourth-order valence-electron chi connectivity index (χ4n) is 1.56. The molecule has 0 aliphatic carbocycles. The molecule has 0 radical (unpaired) electrons. The summed E-state index contributed by atoms with van der Waals surface area (Å²) in [7, 11) is 1.79. The van der Waals surface area contributed by atoms with Crippen LogP contribution in [0, 0.1) is 0 Å². The number of carbonyl (C=O) groups is 1.